The fraction of sp³-hybridized carbons (Fsp3) is 0.391. The largest absolute Gasteiger partial charge is 0.467 e. The Labute approximate surface area is 191 Å². The molecule has 0 atom stereocenters. The SMILES string of the molecule is Clc1cc2c(c(CSc3nnc(CN4CCCCC4)n3-c3ccccc3)c1)OCOC2. The lowest BCUT2D eigenvalue weighted by Crippen LogP contribution is -2.30. The molecule has 3 heterocycles. The van der Waals surface area contributed by atoms with Crippen molar-refractivity contribution in [3.63, 3.8) is 0 Å². The molecule has 0 radical (unpaired) electrons. The number of hydrogen-bond donors (Lipinski definition) is 0. The van der Waals surface area contributed by atoms with Gasteiger partial charge in [0.15, 0.2) is 17.8 Å². The zero-order valence-electron chi connectivity index (χ0n) is 17.3. The van der Waals surface area contributed by atoms with Crippen molar-refractivity contribution in [2.45, 2.75) is 43.3 Å². The molecule has 6 nitrogen and oxygen atoms in total. The van der Waals surface area contributed by atoms with Crippen molar-refractivity contribution in [1.82, 2.24) is 19.7 Å². The molecular formula is C23H25ClN4O2S. The van der Waals surface area contributed by atoms with Gasteiger partial charge in [0.1, 0.15) is 5.75 Å². The van der Waals surface area contributed by atoms with Gasteiger partial charge in [-0.1, -0.05) is 48.0 Å². The maximum absolute atomic E-state index is 6.34. The molecular weight excluding hydrogens is 432 g/mol. The van der Waals surface area contributed by atoms with Gasteiger partial charge < -0.3 is 9.47 Å². The van der Waals surface area contributed by atoms with E-state index in [2.05, 4.69) is 43.9 Å². The summed E-state index contributed by atoms with van der Waals surface area (Å²) < 4.78 is 13.4. The molecule has 0 unspecified atom stereocenters. The first kappa shape index (κ1) is 20.8. The molecule has 1 saturated heterocycles. The van der Waals surface area contributed by atoms with E-state index in [-0.39, 0.29) is 6.79 Å². The number of likely N-dealkylation sites (tertiary alicyclic amines) is 1. The van der Waals surface area contributed by atoms with Crippen LogP contribution in [0.15, 0.2) is 47.6 Å². The van der Waals surface area contributed by atoms with Crippen LogP contribution >= 0.6 is 23.4 Å². The van der Waals surface area contributed by atoms with E-state index in [1.165, 1.54) is 19.3 Å². The number of halogens is 1. The Balaban J connectivity index is 1.42. The van der Waals surface area contributed by atoms with Crippen LogP contribution in [0.2, 0.25) is 5.02 Å². The number of ether oxygens (including phenoxy) is 2. The van der Waals surface area contributed by atoms with Crippen LogP contribution in [-0.2, 0) is 23.6 Å². The minimum Gasteiger partial charge on any atom is -0.467 e. The number of piperidine rings is 1. The summed E-state index contributed by atoms with van der Waals surface area (Å²) in [6.07, 6.45) is 3.83. The number of rotatable bonds is 6. The maximum Gasteiger partial charge on any atom is 0.196 e. The molecule has 0 amide bonds. The molecule has 8 heteroatoms. The van der Waals surface area contributed by atoms with Crippen LogP contribution in [0.25, 0.3) is 5.69 Å². The average Bonchev–Trinajstić information content (AvgIpc) is 3.21. The Bertz CT molecular complexity index is 1040. The molecule has 2 aromatic carbocycles. The fourth-order valence-electron chi connectivity index (χ4n) is 4.16. The lowest BCUT2D eigenvalue weighted by atomic mass is 10.1. The second-order valence-corrected chi connectivity index (χ2v) is 9.24. The van der Waals surface area contributed by atoms with E-state index in [0.29, 0.717) is 17.4 Å². The van der Waals surface area contributed by atoms with E-state index in [1.807, 2.05) is 18.2 Å². The molecule has 31 heavy (non-hydrogen) atoms. The van der Waals surface area contributed by atoms with Gasteiger partial charge >= 0.3 is 0 Å². The van der Waals surface area contributed by atoms with Gasteiger partial charge in [-0.15, -0.1) is 10.2 Å². The third-order valence-corrected chi connectivity index (χ3v) is 6.83. The quantitative estimate of drug-likeness (QED) is 0.483. The van der Waals surface area contributed by atoms with E-state index >= 15 is 0 Å². The second-order valence-electron chi connectivity index (χ2n) is 7.86. The van der Waals surface area contributed by atoms with Crippen LogP contribution < -0.4 is 4.74 Å². The Morgan fingerprint density at radius 3 is 2.71 bits per heavy atom. The van der Waals surface area contributed by atoms with Crippen LogP contribution in [0.1, 0.15) is 36.2 Å². The molecule has 1 fully saturated rings. The highest BCUT2D eigenvalue weighted by atomic mass is 35.5. The van der Waals surface area contributed by atoms with E-state index < -0.39 is 0 Å². The fourth-order valence-corrected chi connectivity index (χ4v) is 5.36. The Hall–Kier alpha value is -2.06. The number of hydrogen-bond acceptors (Lipinski definition) is 6. The van der Waals surface area contributed by atoms with Gasteiger partial charge in [-0.25, -0.2) is 0 Å². The minimum absolute atomic E-state index is 0.270. The number of nitrogens with zero attached hydrogens (tertiary/aromatic N) is 4. The molecule has 5 rings (SSSR count). The summed E-state index contributed by atoms with van der Waals surface area (Å²) in [4.78, 5) is 2.47. The van der Waals surface area contributed by atoms with Gasteiger partial charge in [0.25, 0.3) is 0 Å². The third kappa shape index (κ3) is 4.75. The van der Waals surface area contributed by atoms with E-state index in [0.717, 1.165) is 53.2 Å². The molecule has 0 aliphatic carbocycles. The van der Waals surface area contributed by atoms with Crippen LogP contribution in [-0.4, -0.2) is 39.5 Å². The second kappa shape index (κ2) is 9.61. The van der Waals surface area contributed by atoms with Crippen molar-refractivity contribution in [1.29, 1.82) is 0 Å². The summed E-state index contributed by atoms with van der Waals surface area (Å²) >= 11 is 7.99. The Morgan fingerprint density at radius 2 is 1.87 bits per heavy atom. The van der Waals surface area contributed by atoms with Gasteiger partial charge in [0.2, 0.25) is 0 Å². The predicted octanol–water partition coefficient (Wildman–Crippen LogP) is 5.07. The molecule has 0 N–H and O–H groups in total. The number of aromatic nitrogens is 3. The molecule has 0 spiro atoms. The zero-order chi connectivity index (χ0) is 21.0. The Morgan fingerprint density at radius 1 is 1.03 bits per heavy atom. The van der Waals surface area contributed by atoms with Crippen molar-refractivity contribution in [2.75, 3.05) is 19.9 Å². The van der Waals surface area contributed by atoms with Crippen molar-refractivity contribution >= 4 is 23.4 Å². The first-order chi connectivity index (χ1) is 15.3. The summed E-state index contributed by atoms with van der Waals surface area (Å²) in [6, 6.07) is 14.2. The lowest BCUT2D eigenvalue weighted by Gasteiger charge is -2.26. The molecule has 0 bridgehead atoms. The summed E-state index contributed by atoms with van der Waals surface area (Å²) in [5.41, 5.74) is 3.13. The number of fused-ring (bicyclic) bond motifs is 1. The van der Waals surface area contributed by atoms with Crippen LogP contribution in [0, 0.1) is 0 Å². The van der Waals surface area contributed by atoms with Gasteiger partial charge in [0.05, 0.1) is 13.2 Å². The van der Waals surface area contributed by atoms with Crippen molar-refractivity contribution < 1.29 is 9.47 Å². The van der Waals surface area contributed by atoms with Crippen LogP contribution in [0.4, 0.5) is 0 Å². The highest BCUT2D eigenvalue weighted by Crippen LogP contribution is 2.36. The summed E-state index contributed by atoms with van der Waals surface area (Å²) in [5, 5.41) is 10.7. The highest BCUT2D eigenvalue weighted by Gasteiger charge is 2.21. The van der Waals surface area contributed by atoms with Crippen molar-refractivity contribution in [3.8, 4) is 11.4 Å². The molecule has 0 saturated carbocycles. The predicted molar refractivity (Wildman–Crippen MR) is 122 cm³/mol. The first-order valence-electron chi connectivity index (χ1n) is 10.6. The lowest BCUT2D eigenvalue weighted by molar-refractivity contribution is -0.0168. The highest BCUT2D eigenvalue weighted by molar-refractivity contribution is 7.98. The minimum atomic E-state index is 0.270. The van der Waals surface area contributed by atoms with Crippen molar-refractivity contribution in [2.24, 2.45) is 0 Å². The number of thioether (sulfide) groups is 1. The molecule has 1 aromatic heterocycles. The van der Waals surface area contributed by atoms with Gasteiger partial charge in [-0.2, -0.15) is 0 Å². The molecule has 2 aliphatic heterocycles. The van der Waals surface area contributed by atoms with E-state index in [4.69, 9.17) is 21.1 Å². The zero-order valence-corrected chi connectivity index (χ0v) is 18.9. The van der Waals surface area contributed by atoms with Crippen molar-refractivity contribution in [3.05, 3.63) is 64.4 Å². The van der Waals surface area contributed by atoms with Gasteiger partial charge in [-0.05, 0) is 50.2 Å². The smallest absolute Gasteiger partial charge is 0.196 e. The number of benzene rings is 2. The van der Waals surface area contributed by atoms with Gasteiger partial charge in [0, 0.05) is 27.6 Å². The van der Waals surface area contributed by atoms with E-state index in [1.54, 1.807) is 11.8 Å². The summed E-state index contributed by atoms with van der Waals surface area (Å²) in [6.45, 7) is 3.85. The van der Waals surface area contributed by atoms with Crippen LogP contribution in [0.5, 0.6) is 5.75 Å². The van der Waals surface area contributed by atoms with E-state index in [9.17, 15) is 0 Å². The van der Waals surface area contributed by atoms with Gasteiger partial charge in [-0.3, -0.25) is 9.47 Å². The standard InChI is InChI=1S/C23H25ClN4O2S/c24-19-11-17-14-29-16-30-22(17)18(12-19)15-31-23-26-25-21(13-27-9-5-2-6-10-27)28(23)20-7-3-1-4-8-20/h1,3-4,7-8,11-12H,2,5-6,9-10,13-16H2. The Kier molecular flexibility index (Phi) is 6.45. The average molecular weight is 457 g/mol. The molecule has 2 aliphatic rings. The van der Waals surface area contributed by atoms with Crippen LogP contribution in [0.3, 0.4) is 0 Å². The number of para-hydroxylation sites is 1. The molecule has 162 valence electrons. The monoisotopic (exact) mass is 456 g/mol. The first-order valence-corrected chi connectivity index (χ1v) is 12.0. The summed E-state index contributed by atoms with van der Waals surface area (Å²) in [5.74, 6) is 2.55. The summed E-state index contributed by atoms with van der Waals surface area (Å²) in [7, 11) is 0. The maximum atomic E-state index is 6.34. The molecule has 3 aromatic rings. The third-order valence-electron chi connectivity index (χ3n) is 5.64. The topological polar surface area (TPSA) is 52.4 Å². The normalized spacial score (nSPS) is 16.7.